The standard InChI is InChI=1S/C22H21NO3/c1-23-22(24)9-4-15-10-19(14-21(11-15)26-3)17-5-6-18-13-20(25-2)8-7-16(18)12-17/h4-14H,1-3H3,(H,23,24). The van der Waals surface area contributed by atoms with Gasteiger partial charge >= 0.3 is 0 Å². The summed E-state index contributed by atoms with van der Waals surface area (Å²) < 4.78 is 10.7. The van der Waals surface area contributed by atoms with E-state index in [9.17, 15) is 4.79 Å². The Labute approximate surface area is 153 Å². The van der Waals surface area contributed by atoms with Gasteiger partial charge in [-0.15, -0.1) is 0 Å². The largest absolute Gasteiger partial charge is 0.497 e. The molecular weight excluding hydrogens is 326 g/mol. The highest BCUT2D eigenvalue weighted by molar-refractivity contribution is 5.92. The predicted molar refractivity (Wildman–Crippen MR) is 106 cm³/mol. The Morgan fingerprint density at radius 3 is 2.31 bits per heavy atom. The molecule has 0 atom stereocenters. The predicted octanol–water partition coefficient (Wildman–Crippen LogP) is 4.28. The van der Waals surface area contributed by atoms with E-state index in [1.807, 2.05) is 36.4 Å². The Morgan fingerprint density at radius 2 is 1.58 bits per heavy atom. The quantitative estimate of drug-likeness (QED) is 0.701. The number of rotatable bonds is 5. The molecular formula is C22H21NO3. The highest BCUT2D eigenvalue weighted by Gasteiger charge is 2.05. The molecule has 3 rings (SSSR count). The van der Waals surface area contributed by atoms with Crippen LogP contribution in [0.5, 0.6) is 11.5 Å². The molecule has 0 aromatic heterocycles. The average Bonchev–Trinajstić information content (AvgIpc) is 2.70. The highest BCUT2D eigenvalue weighted by Crippen LogP contribution is 2.30. The van der Waals surface area contributed by atoms with Crippen LogP contribution in [0, 0.1) is 0 Å². The summed E-state index contributed by atoms with van der Waals surface area (Å²) in [6.45, 7) is 0. The lowest BCUT2D eigenvalue weighted by molar-refractivity contribution is -0.115. The van der Waals surface area contributed by atoms with Gasteiger partial charge in [0.1, 0.15) is 11.5 Å². The van der Waals surface area contributed by atoms with E-state index in [-0.39, 0.29) is 5.91 Å². The Morgan fingerprint density at radius 1 is 0.846 bits per heavy atom. The minimum absolute atomic E-state index is 0.144. The SMILES string of the molecule is CNC(=O)C=Cc1cc(OC)cc(-c2ccc3cc(OC)ccc3c2)c1. The first-order valence-corrected chi connectivity index (χ1v) is 8.30. The second-order valence-electron chi connectivity index (χ2n) is 5.87. The van der Waals surface area contributed by atoms with Crippen LogP contribution < -0.4 is 14.8 Å². The van der Waals surface area contributed by atoms with Crippen molar-refractivity contribution in [1.29, 1.82) is 0 Å². The number of amides is 1. The molecule has 0 radical (unpaired) electrons. The van der Waals surface area contributed by atoms with Crippen LogP contribution in [0.25, 0.3) is 28.0 Å². The van der Waals surface area contributed by atoms with E-state index in [4.69, 9.17) is 9.47 Å². The summed E-state index contributed by atoms with van der Waals surface area (Å²) in [7, 11) is 4.91. The van der Waals surface area contributed by atoms with Gasteiger partial charge in [-0.1, -0.05) is 18.2 Å². The van der Waals surface area contributed by atoms with Gasteiger partial charge in [0, 0.05) is 13.1 Å². The maximum absolute atomic E-state index is 11.5. The summed E-state index contributed by atoms with van der Waals surface area (Å²) in [6.07, 6.45) is 3.28. The molecule has 1 amide bonds. The van der Waals surface area contributed by atoms with Crippen LogP contribution in [0.4, 0.5) is 0 Å². The Kier molecular flexibility index (Phi) is 5.23. The molecule has 0 fully saturated rings. The number of nitrogens with one attached hydrogen (secondary N) is 1. The molecule has 0 unspecified atom stereocenters. The van der Waals surface area contributed by atoms with Gasteiger partial charge in [-0.05, 0) is 69.9 Å². The third-order valence-electron chi connectivity index (χ3n) is 4.22. The molecule has 0 heterocycles. The van der Waals surface area contributed by atoms with Crippen molar-refractivity contribution in [1.82, 2.24) is 5.32 Å². The molecule has 0 saturated carbocycles. The lowest BCUT2D eigenvalue weighted by Gasteiger charge is -2.09. The first-order chi connectivity index (χ1) is 12.6. The van der Waals surface area contributed by atoms with Gasteiger partial charge in [0.2, 0.25) is 5.91 Å². The fourth-order valence-corrected chi connectivity index (χ4v) is 2.79. The number of carbonyl (C=O) groups excluding carboxylic acids is 1. The van der Waals surface area contributed by atoms with E-state index in [2.05, 4.69) is 23.5 Å². The Balaban J connectivity index is 2.03. The van der Waals surface area contributed by atoms with Gasteiger partial charge in [-0.2, -0.15) is 0 Å². The Bertz CT molecular complexity index is 976. The van der Waals surface area contributed by atoms with Crippen LogP contribution in [0.3, 0.4) is 0 Å². The molecule has 4 heteroatoms. The number of hydrogen-bond acceptors (Lipinski definition) is 3. The minimum Gasteiger partial charge on any atom is -0.497 e. The molecule has 0 aliphatic heterocycles. The van der Waals surface area contributed by atoms with E-state index in [1.54, 1.807) is 27.3 Å². The van der Waals surface area contributed by atoms with Gasteiger partial charge in [0.05, 0.1) is 14.2 Å². The number of likely N-dealkylation sites (N-methyl/N-ethyl adjacent to an activating group) is 1. The van der Waals surface area contributed by atoms with Crippen molar-refractivity contribution in [2.75, 3.05) is 21.3 Å². The van der Waals surface area contributed by atoms with E-state index >= 15 is 0 Å². The second kappa shape index (κ2) is 7.74. The van der Waals surface area contributed by atoms with E-state index in [1.165, 1.54) is 6.08 Å². The van der Waals surface area contributed by atoms with Gasteiger partial charge < -0.3 is 14.8 Å². The third-order valence-corrected chi connectivity index (χ3v) is 4.22. The second-order valence-corrected chi connectivity index (χ2v) is 5.87. The number of hydrogen-bond donors (Lipinski definition) is 1. The van der Waals surface area contributed by atoms with Crippen molar-refractivity contribution in [3.05, 3.63) is 66.2 Å². The lowest BCUT2D eigenvalue weighted by atomic mass is 9.99. The summed E-state index contributed by atoms with van der Waals surface area (Å²) in [5.41, 5.74) is 3.01. The molecule has 3 aromatic rings. The zero-order valence-corrected chi connectivity index (χ0v) is 15.1. The fraction of sp³-hybridized carbons (Fsp3) is 0.136. The fourth-order valence-electron chi connectivity index (χ4n) is 2.79. The molecule has 132 valence electrons. The normalized spacial score (nSPS) is 10.9. The molecule has 0 spiro atoms. The Hall–Kier alpha value is -3.27. The van der Waals surface area contributed by atoms with Crippen LogP contribution in [-0.2, 0) is 4.79 Å². The average molecular weight is 347 g/mol. The zero-order valence-electron chi connectivity index (χ0n) is 15.1. The maximum atomic E-state index is 11.5. The van der Waals surface area contributed by atoms with Gasteiger partial charge in [0.25, 0.3) is 0 Å². The van der Waals surface area contributed by atoms with Crippen molar-refractivity contribution in [2.24, 2.45) is 0 Å². The summed E-state index contributed by atoms with van der Waals surface area (Å²) in [5.74, 6) is 1.44. The number of benzene rings is 3. The minimum atomic E-state index is -0.144. The van der Waals surface area contributed by atoms with Crippen molar-refractivity contribution >= 4 is 22.8 Å². The van der Waals surface area contributed by atoms with Crippen LogP contribution in [0.1, 0.15) is 5.56 Å². The molecule has 0 aliphatic carbocycles. The van der Waals surface area contributed by atoms with Crippen LogP contribution >= 0.6 is 0 Å². The molecule has 3 aromatic carbocycles. The molecule has 26 heavy (non-hydrogen) atoms. The molecule has 0 saturated heterocycles. The van der Waals surface area contributed by atoms with Crippen LogP contribution in [0.2, 0.25) is 0 Å². The number of carbonyl (C=O) groups is 1. The zero-order chi connectivity index (χ0) is 18.5. The molecule has 4 nitrogen and oxygen atoms in total. The smallest absolute Gasteiger partial charge is 0.243 e. The van der Waals surface area contributed by atoms with Crippen molar-refractivity contribution in [3.63, 3.8) is 0 Å². The molecule has 0 bridgehead atoms. The summed E-state index contributed by atoms with van der Waals surface area (Å²) >= 11 is 0. The first kappa shape index (κ1) is 17.5. The van der Waals surface area contributed by atoms with Crippen LogP contribution in [0.15, 0.2) is 60.7 Å². The number of methoxy groups -OCH3 is 2. The topological polar surface area (TPSA) is 47.6 Å². The number of fused-ring (bicyclic) bond motifs is 1. The maximum Gasteiger partial charge on any atom is 0.243 e. The van der Waals surface area contributed by atoms with E-state index in [0.29, 0.717) is 0 Å². The first-order valence-electron chi connectivity index (χ1n) is 8.30. The van der Waals surface area contributed by atoms with E-state index in [0.717, 1.165) is 39.0 Å². The summed E-state index contributed by atoms with van der Waals surface area (Å²) in [4.78, 5) is 11.5. The molecule has 1 N–H and O–H groups in total. The lowest BCUT2D eigenvalue weighted by Crippen LogP contribution is -2.13. The van der Waals surface area contributed by atoms with Gasteiger partial charge in [0.15, 0.2) is 0 Å². The van der Waals surface area contributed by atoms with Crippen molar-refractivity contribution < 1.29 is 14.3 Å². The summed E-state index contributed by atoms with van der Waals surface area (Å²) in [5, 5.41) is 4.83. The highest BCUT2D eigenvalue weighted by atomic mass is 16.5. The monoisotopic (exact) mass is 347 g/mol. The molecule has 0 aliphatic rings. The van der Waals surface area contributed by atoms with Gasteiger partial charge in [-0.25, -0.2) is 0 Å². The summed E-state index contributed by atoms with van der Waals surface area (Å²) in [6, 6.07) is 18.2. The van der Waals surface area contributed by atoms with Crippen molar-refractivity contribution in [3.8, 4) is 22.6 Å². The van der Waals surface area contributed by atoms with Crippen molar-refractivity contribution in [2.45, 2.75) is 0 Å². The van der Waals surface area contributed by atoms with Gasteiger partial charge in [-0.3, -0.25) is 4.79 Å². The number of ether oxygens (including phenoxy) is 2. The third kappa shape index (κ3) is 3.86. The van der Waals surface area contributed by atoms with E-state index < -0.39 is 0 Å². The van der Waals surface area contributed by atoms with Crippen LogP contribution in [-0.4, -0.2) is 27.2 Å².